The molecule has 2 aromatic rings. The first-order valence-electron chi connectivity index (χ1n) is 4.24. The van der Waals surface area contributed by atoms with E-state index in [0.29, 0.717) is 5.69 Å². The van der Waals surface area contributed by atoms with Gasteiger partial charge in [0, 0.05) is 5.56 Å². The first-order valence-corrected chi connectivity index (χ1v) is 4.24. The fourth-order valence-corrected chi connectivity index (χ4v) is 1.15. The number of rotatable bonds is 1. The van der Waals surface area contributed by atoms with Gasteiger partial charge in [-0.1, -0.05) is 29.8 Å². The Kier molecular flexibility index (Phi) is 2.10. The van der Waals surface area contributed by atoms with E-state index in [2.05, 4.69) is 15.2 Å². The number of aromatic amines is 1. The van der Waals surface area contributed by atoms with E-state index in [9.17, 15) is 4.79 Å². The predicted molar refractivity (Wildman–Crippen MR) is 52.8 cm³/mol. The molecule has 1 aromatic carbocycles. The van der Waals surface area contributed by atoms with E-state index in [0.717, 1.165) is 5.56 Å². The van der Waals surface area contributed by atoms with Crippen LogP contribution in [-0.2, 0) is 0 Å². The van der Waals surface area contributed by atoms with Crippen molar-refractivity contribution in [2.75, 3.05) is 0 Å². The zero-order valence-corrected chi connectivity index (χ0v) is 7.69. The number of benzene rings is 1. The summed E-state index contributed by atoms with van der Waals surface area (Å²) in [5.74, 6) is 0. The lowest BCUT2D eigenvalue weighted by Gasteiger charge is -1.98. The third-order valence-corrected chi connectivity index (χ3v) is 1.92. The smallest absolute Gasteiger partial charge is 0.244 e. The van der Waals surface area contributed by atoms with Crippen molar-refractivity contribution in [3.63, 3.8) is 0 Å². The Labute approximate surface area is 80.6 Å². The van der Waals surface area contributed by atoms with Gasteiger partial charge >= 0.3 is 5.69 Å². The van der Waals surface area contributed by atoms with Crippen LogP contribution in [0.3, 0.4) is 0 Å². The minimum absolute atomic E-state index is 0.430. The predicted octanol–water partition coefficient (Wildman–Crippen LogP) is 1.14. The molecule has 4 heteroatoms. The first-order chi connectivity index (χ1) is 6.75. The topological polar surface area (TPSA) is 58.6 Å². The number of nitrogens with zero attached hydrogens (tertiary/aromatic N) is 2. The molecule has 0 saturated carbocycles. The minimum Gasteiger partial charge on any atom is -0.244 e. The molecule has 0 aliphatic heterocycles. The summed E-state index contributed by atoms with van der Waals surface area (Å²) in [6, 6.07) is 7.86. The van der Waals surface area contributed by atoms with E-state index >= 15 is 0 Å². The van der Waals surface area contributed by atoms with Crippen molar-refractivity contribution in [2.45, 2.75) is 6.92 Å². The van der Waals surface area contributed by atoms with Crippen molar-refractivity contribution in [1.82, 2.24) is 15.2 Å². The van der Waals surface area contributed by atoms with Crippen molar-refractivity contribution in [2.24, 2.45) is 0 Å². The summed E-state index contributed by atoms with van der Waals surface area (Å²) in [6.45, 7) is 2.02. The molecule has 0 aliphatic rings. The molecular formula is C10H9N3O. The Morgan fingerprint density at radius 3 is 2.50 bits per heavy atom. The maximum Gasteiger partial charge on any atom is 0.361 e. The summed E-state index contributed by atoms with van der Waals surface area (Å²) in [7, 11) is 0. The summed E-state index contributed by atoms with van der Waals surface area (Å²) in [6.07, 6.45) is 1.46. The molecule has 0 fully saturated rings. The Morgan fingerprint density at radius 1 is 1.21 bits per heavy atom. The third kappa shape index (κ3) is 1.69. The number of nitrogens with one attached hydrogen (secondary N) is 1. The van der Waals surface area contributed by atoms with E-state index in [1.807, 2.05) is 31.2 Å². The van der Waals surface area contributed by atoms with Crippen LogP contribution in [0.25, 0.3) is 11.3 Å². The molecular weight excluding hydrogens is 178 g/mol. The standard InChI is InChI=1S/C10H9N3O/c1-7-2-4-8(5-3-7)9-6-11-10(14)13-12-9/h2-6H,1H3,(H,11,13,14). The molecule has 0 amide bonds. The second kappa shape index (κ2) is 3.41. The highest BCUT2D eigenvalue weighted by atomic mass is 16.1. The highest BCUT2D eigenvalue weighted by Gasteiger charge is 1.98. The monoisotopic (exact) mass is 187 g/mol. The number of aromatic nitrogens is 3. The van der Waals surface area contributed by atoms with Crippen LogP contribution in [0.15, 0.2) is 35.3 Å². The first kappa shape index (κ1) is 8.62. The van der Waals surface area contributed by atoms with Crippen LogP contribution in [0, 0.1) is 6.92 Å². The van der Waals surface area contributed by atoms with Gasteiger partial charge in [0.2, 0.25) is 0 Å². The fourth-order valence-electron chi connectivity index (χ4n) is 1.15. The van der Waals surface area contributed by atoms with Crippen LogP contribution in [0.1, 0.15) is 5.56 Å². The number of hydrogen-bond donors (Lipinski definition) is 1. The van der Waals surface area contributed by atoms with Crippen molar-refractivity contribution < 1.29 is 0 Å². The Balaban J connectivity index is 2.44. The van der Waals surface area contributed by atoms with Gasteiger partial charge in [-0.15, -0.1) is 0 Å². The molecule has 70 valence electrons. The highest BCUT2D eigenvalue weighted by molar-refractivity contribution is 5.57. The lowest BCUT2D eigenvalue weighted by Crippen LogP contribution is -2.11. The maximum absolute atomic E-state index is 10.7. The lowest BCUT2D eigenvalue weighted by molar-refractivity contribution is 0.920. The van der Waals surface area contributed by atoms with Gasteiger partial charge in [-0.05, 0) is 6.92 Å². The zero-order chi connectivity index (χ0) is 9.97. The number of hydrogen-bond acceptors (Lipinski definition) is 3. The minimum atomic E-state index is -0.430. The van der Waals surface area contributed by atoms with E-state index in [1.54, 1.807) is 0 Å². The van der Waals surface area contributed by atoms with Gasteiger partial charge in [0.1, 0.15) is 5.69 Å². The molecule has 0 atom stereocenters. The maximum atomic E-state index is 10.7. The molecule has 4 nitrogen and oxygen atoms in total. The van der Waals surface area contributed by atoms with Crippen LogP contribution in [0.4, 0.5) is 0 Å². The van der Waals surface area contributed by atoms with Gasteiger partial charge in [0.25, 0.3) is 0 Å². The molecule has 0 bridgehead atoms. The molecule has 0 unspecified atom stereocenters. The van der Waals surface area contributed by atoms with Gasteiger partial charge in [-0.25, -0.2) is 9.89 Å². The van der Waals surface area contributed by atoms with Crippen molar-refractivity contribution in [1.29, 1.82) is 0 Å². The summed E-state index contributed by atoms with van der Waals surface area (Å²) in [5, 5.41) is 6.17. The summed E-state index contributed by atoms with van der Waals surface area (Å²) >= 11 is 0. The van der Waals surface area contributed by atoms with E-state index in [4.69, 9.17) is 0 Å². The molecule has 0 radical (unpaired) electrons. The Hall–Kier alpha value is -1.97. The van der Waals surface area contributed by atoms with E-state index in [-0.39, 0.29) is 0 Å². The summed E-state index contributed by atoms with van der Waals surface area (Å²) < 4.78 is 0. The van der Waals surface area contributed by atoms with Gasteiger partial charge in [-0.3, -0.25) is 0 Å². The average molecular weight is 187 g/mol. The van der Waals surface area contributed by atoms with Crippen LogP contribution in [0.2, 0.25) is 0 Å². The van der Waals surface area contributed by atoms with Gasteiger partial charge in [0.15, 0.2) is 0 Å². The Bertz CT molecular complexity index is 467. The molecule has 0 aliphatic carbocycles. The summed E-state index contributed by atoms with van der Waals surface area (Å²) in [5.41, 5.74) is 2.37. The molecule has 14 heavy (non-hydrogen) atoms. The zero-order valence-electron chi connectivity index (χ0n) is 7.69. The average Bonchev–Trinajstić information content (AvgIpc) is 2.21. The molecule has 0 spiro atoms. The molecule has 2 rings (SSSR count). The van der Waals surface area contributed by atoms with E-state index in [1.165, 1.54) is 11.8 Å². The molecule has 1 heterocycles. The van der Waals surface area contributed by atoms with Gasteiger partial charge in [0.05, 0.1) is 6.20 Å². The van der Waals surface area contributed by atoms with Crippen molar-refractivity contribution >= 4 is 0 Å². The lowest BCUT2D eigenvalue weighted by atomic mass is 10.1. The number of H-pyrrole nitrogens is 1. The summed E-state index contributed by atoms with van der Waals surface area (Å²) in [4.78, 5) is 14.3. The number of aryl methyl sites for hydroxylation is 1. The van der Waals surface area contributed by atoms with Crippen LogP contribution >= 0.6 is 0 Å². The molecule has 1 aromatic heterocycles. The van der Waals surface area contributed by atoms with E-state index < -0.39 is 5.69 Å². The van der Waals surface area contributed by atoms with Crippen LogP contribution in [-0.4, -0.2) is 15.2 Å². The molecule has 1 N–H and O–H groups in total. The molecule has 0 saturated heterocycles. The van der Waals surface area contributed by atoms with Crippen LogP contribution in [0.5, 0.6) is 0 Å². The second-order valence-electron chi connectivity index (χ2n) is 3.04. The van der Waals surface area contributed by atoms with Crippen molar-refractivity contribution in [3.05, 3.63) is 46.5 Å². The largest absolute Gasteiger partial charge is 0.361 e. The van der Waals surface area contributed by atoms with Crippen LogP contribution < -0.4 is 5.69 Å². The van der Waals surface area contributed by atoms with Crippen molar-refractivity contribution in [3.8, 4) is 11.3 Å². The Morgan fingerprint density at radius 2 is 1.93 bits per heavy atom. The second-order valence-corrected chi connectivity index (χ2v) is 3.04. The SMILES string of the molecule is Cc1ccc(-c2cnc(=O)[nH]n2)cc1. The highest BCUT2D eigenvalue weighted by Crippen LogP contribution is 2.14. The normalized spacial score (nSPS) is 10.1. The fraction of sp³-hybridized carbons (Fsp3) is 0.100. The van der Waals surface area contributed by atoms with Gasteiger partial charge < -0.3 is 0 Å². The van der Waals surface area contributed by atoms with Gasteiger partial charge in [-0.2, -0.15) is 10.1 Å². The quantitative estimate of drug-likeness (QED) is 0.728. The third-order valence-electron chi connectivity index (χ3n) is 1.92.